The van der Waals surface area contributed by atoms with Gasteiger partial charge in [0.2, 0.25) is 0 Å². The lowest BCUT2D eigenvalue weighted by Gasteiger charge is -2.15. The predicted molar refractivity (Wildman–Crippen MR) is 129 cm³/mol. The van der Waals surface area contributed by atoms with Crippen LogP contribution in [0.5, 0.6) is 0 Å². The summed E-state index contributed by atoms with van der Waals surface area (Å²) in [6.45, 7) is 0. The number of ketones is 1. The number of sulfone groups is 1. The van der Waals surface area contributed by atoms with Gasteiger partial charge in [-0.2, -0.15) is 0 Å². The van der Waals surface area contributed by atoms with Gasteiger partial charge >= 0.3 is 0 Å². The second-order valence-corrected chi connectivity index (χ2v) is 11.8. The van der Waals surface area contributed by atoms with E-state index in [1.165, 1.54) is 11.8 Å². The number of nitrogens with zero attached hydrogens (tertiary/aromatic N) is 3. The SMILES string of the molecule is Cn1c(C[C@@H]2CCS(=O)(=O)C2)nnc1S[C@@H](C(=O)c1c[nH]c2ccccc12)c1ccccc1. The van der Waals surface area contributed by atoms with E-state index in [0.29, 0.717) is 23.6 Å². The third-order valence-electron chi connectivity index (χ3n) is 6.14. The third kappa shape index (κ3) is 4.47. The molecule has 1 saturated heterocycles. The molecule has 1 aliphatic heterocycles. The Bertz CT molecular complexity index is 1410. The quantitative estimate of drug-likeness (QED) is 0.317. The van der Waals surface area contributed by atoms with E-state index in [2.05, 4.69) is 15.2 Å². The number of para-hydroxylation sites is 1. The number of carbonyl (C=O) groups excluding carboxylic acids is 1. The molecule has 7 nitrogen and oxygen atoms in total. The van der Waals surface area contributed by atoms with Crippen molar-refractivity contribution in [1.29, 1.82) is 0 Å². The number of H-pyrrole nitrogens is 1. The minimum absolute atomic E-state index is 0.00455. The van der Waals surface area contributed by atoms with E-state index in [1.54, 1.807) is 6.20 Å². The second kappa shape index (κ2) is 8.79. The van der Waals surface area contributed by atoms with Crippen LogP contribution in [0.25, 0.3) is 10.9 Å². The van der Waals surface area contributed by atoms with Gasteiger partial charge in [0.05, 0.1) is 11.5 Å². The molecule has 0 bridgehead atoms. The van der Waals surface area contributed by atoms with Crippen molar-refractivity contribution >= 4 is 38.3 Å². The molecule has 2 aromatic carbocycles. The number of benzene rings is 2. The van der Waals surface area contributed by atoms with Gasteiger partial charge in [0.15, 0.2) is 20.8 Å². The van der Waals surface area contributed by atoms with Crippen molar-refractivity contribution in [3.63, 3.8) is 0 Å². The molecule has 0 saturated carbocycles. The summed E-state index contributed by atoms with van der Waals surface area (Å²) in [4.78, 5) is 16.9. The fourth-order valence-corrected chi connectivity index (χ4v) is 7.29. The molecule has 0 spiro atoms. The molecule has 2 atom stereocenters. The minimum Gasteiger partial charge on any atom is -0.360 e. The standard InChI is InChI=1S/C24H24N4O3S2/c1-28-21(13-16-11-12-33(30,31)15-16)26-27-24(28)32-23(17-7-3-2-4-8-17)22(29)19-14-25-20-10-6-5-9-18(19)20/h2-10,14,16,23,25H,11-13,15H2,1H3/t16-,23+/m0/s1. The molecule has 1 fully saturated rings. The summed E-state index contributed by atoms with van der Waals surface area (Å²) in [6, 6.07) is 17.4. The van der Waals surface area contributed by atoms with Crippen LogP contribution in [0.2, 0.25) is 0 Å². The highest BCUT2D eigenvalue weighted by Crippen LogP contribution is 2.38. The average Bonchev–Trinajstić information content (AvgIpc) is 3.50. The number of hydrogen-bond acceptors (Lipinski definition) is 6. The van der Waals surface area contributed by atoms with Crippen LogP contribution in [-0.4, -0.2) is 45.5 Å². The van der Waals surface area contributed by atoms with Gasteiger partial charge in [-0.3, -0.25) is 4.79 Å². The molecule has 4 aromatic rings. The van der Waals surface area contributed by atoms with Crippen molar-refractivity contribution in [1.82, 2.24) is 19.7 Å². The summed E-state index contributed by atoms with van der Waals surface area (Å²) in [5.41, 5.74) is 2.46. The Labute approximate surface area is 196 Å². The van der Waals surface area contributed by atoms with Gasteiger partial charge in [-0.05, 0) is 24.0 Å². The zero-order valence-electron chi connectivity index (χ0n) is 18.1. The van der Waals surface area contributed by atoms with Crippen molar-refractivity contribution in [2.75, 3.05) is 11.5 Å². The Morgan fingerprint density at radius 1 is 1.15 bits per heavy atom. The Hall–Kier alpha value is -2.91. The summed E-state index contributed by atoms with van der Waals surface area (Å²) >= 11 is 1.37. The first-order valence-corrected chi connectivity index (χ1v) is 13.5. The van der Waals surface area contributed by atoms with Gasteiger partial charge in [-0.1, -0.05) is 60.3 Å². The lowest BCUT2D eigenvalue weighted by atomic mass is 10.0. The lowest BCUT2D eigenvalue weighted by molar-refractivity contribution is 0.0991. The monoisotopic (exact) mass is 480 g/mol. The van der Waals surface area contributed by atoms with Crippen molar-refractivity contribution in [3.05, 3.63) is 77.7 Å². The van der Waals surface area contributed by atoms with E-state index in [9.17, 15) is 13.2 Å². The van der Waals surface area contributed by atoms with Crippen LogP contribution in [0.4, 0.5) is 0 Å². The zero-order valence-corrected chi connectivity index (χ0v) is 19.8. The van der Waals surface area contributed by atoms with Crippen molar-refractivity contribution in [2.24, 2.45) is 13.0 Å². The van der Waals surface area contributed by atoms with Gasteiger partial charge in [0.25, 0.3) is 0 Å². The molecule has 3 heterocycles. The summed E-state index contributed by atoms with van der Waals surface area (Å²) in [5, 5.41) is 9.71. The molecule has 5 rings (SSSR count). The number of thioether (sulfide) groups is 1. The maximum Gasteiger partial charge on any atom is 0.191 e. The molecule has 33 heavy (non-hydrogen) atoms. The fourth-order valence-electron chi connectivity index (χ4n) is 4.34. The largest absolute Gasteiger partial charge is 0.360 e. The average molecular weight is 481 g/mol. The van der Waals surface area contributed by atoms with Crippen LogP contribution < -0.4 is 0 Å². The number of Topliss-reactive ketones (excluding diaryl/α,β-unsaturated/α-hetero) is 1. The van der Waals surface area contributed by atoms with Crippen LogP contribution in [-0.2, 0) is 23.3 Å². The third-order valence-corrected chi connectivity index (χ3v) is 9.27. The van der Waals surface area contributed by atoms with Crippen LogP contribution in [0.1, 0.15) is 33.4 Å². The molecule has 1 aliphatic rings. The summed E-state index contributed by atoms with van der Waals surface area (Å²) in [6.07, 6.45) is 2.99. The highest BCUT2D eigenvalue weighted by Gasteiger charge is 2.31. The number of nitrogens with one attached hydrogen (secondary N) is 1. The first kappa shape index (κ1) is 21.9. The van der Waals surface area contributed by atoms with Crippen LogP contribution in [0.15, 0.2) is 66.0 Å². The van der Waals surface area contributed by atoms with Gasteiger partial charge in [0, 0.05) is 36.1 Å². The van der Waals surface area contributed by atoms with Gasteiger partial charge in [-0.15, -0.1) is 10.2 Å². The lowest BCUT2D eigenvalue weighted by Crippen LogP contribution is -2.12. The molecule has 9 heteroatoms. The molecule has 0 aliphatic carbocycles. The molecule has 0 unspecified atom stereocenters. The number of rotatable bonds is 7. The van der Waals surface area contributed by atoms with Crippen molar-refractivity contribution in [3.8, 4) is 0 Å². The van der Waals surface area contributed by atoms with Gasteiger partial charge in [-0.25, -0.2) is 8.42 Å². The number of hydrogen-bond donors (Lipinski definition) is 1. The molecular formula is C24H24N4O3S2. The highest BCUT2D eigenvalue weighted by molar-refractivity contribution is 8.00. The summed E-state index contributed by atoms with van der Waals surface area (Å²) < 4.78 is 25.5. The first-order chi connectivity index (χ1) is 15.9. The Morgan fingerprint density at radius 2 is 1.91 bits per heavy atom. The van der Waals surface area contributed by atoms with Crippen molar-refractivity contribution in [2.45, 2.75) is 23.2 Å². The smallest absolute Gasteiger partial charge is 0.191 e. The van der Waals surface area contributed by atoms with E-state index in [0.717, 1.165) is 22.3 Å². The maximum atomic E-state index is 13.7. The van der Waals surface area contributed by atoms with Gasteiger partial charge < -0.3 is 9.55 Å². The molecule has 2 aromatic heterocycles. The number of carbonyl (C=O) groups is 1. The van der Waals surface area contributed by atoms with Gasteiger partial charge in [0.1, 0.15) is 11.1 Å². The number of fused-ring (bicyclic) bond motifs is 1. The van der Waals surface area contributed by atoms with Crippen LogP contribution in [0.3, 0.4) is 0 Å². The van der Waals surface area contributed by atoms with Crippen LogP contribution in [0, 0.1) is 5.92 Å². The van der Waals surface area contributed by atoms with E-state index in [1.807, 2.05) is 66.2 Å². The Kier molecular flexibility index (Phi) is 5.84. The Balaban J connectivity index is 1.44. The highest BCUT2D eigenvalue weighted by atomic mass is 32.2. The van der Waals surface area contributed by atoms with Crippen LogP contribution >= 0.6 is 11.8 Å². The predicted octanol–water partition coefficient (Wildman–Crippen LogP) is 3.99. The molecule has 0 amide bonds. The number of aromatic nitrogens is 4. The molecule has 170 valence electrons. The van der Waals surface area contributed by atoms with E-state index < -0.39 is 15.1 Å². The molecule has 1 N–H and O–H groups in total. The van der Waals surface area contributed by atoms with E-state index in [4.69, 9.17) is 0 Å². The minimum atomic E-state index is -2.94. The van der Waals surface area contributed by atoms with E-state index in [-0.39, 0.29) is 23.2 Å². The second-order valence-electron chi connectivity index (χ2n) is 8.45. The summed E-state index contributed by atoms with van der Waals surface area (Å²) in [5.74, 6) is 1.25. The number of aromatic amines is 1. The normalized spacial score (nSPS) is 18.5. The molecular weight excluding hydrogens is 456 g/mol. The van der Waals surface area contributed by atoms with Crippen molar-refractivity contribution < 1.29 is 13.2 Å². The maximum absolute atomic E-state index is 13.7. The first-order valence-electron chi connectivity index (χ1n) is 10.8. The summed E-state index contributed by atoms with van der Waals surface area (Å²) in [7, 11) is -1.07. The van der Waals surface area contributed by atoms with E-state index >= 15 is 0 Å². The zero-order chi connectivity index (χ0) is 23.0. The molecule has 0 radical (unpaired) electrons. The fraction of sp³-hybridized carbons (Fsp3) is 0.292. The Morgan fingerprint density at radius 3 is 2.67 bits per heavy atom. The topological polar surface area (TPSA) is 97.7 Å².